The van der Waals surface area contributed by atoms with Gasteiger partial charge in [-0.05, 0) is 24.2 Å². The van der Waals surface area contributed by atoms with Crippen molar-refractivity contribution < 1.29 is 9.47 Å². The van der Waals surface area contributed by atoms with Gasteiger partial charge in [-0.2, -0.15) is 0 Å². The van der Waals surface area contributed by atoms with Crippen molar-refractivity contribution in [3.63, 3.8) is 0 Å². The van der Waals surface area contributed by atoms with Gasteiger partial charge in [-0.15, -0.1) is 0 Å². The fraction of sp³-hybridized carbons (Fsp3) is 0.500. The van der Waals surface area contributed by atoms with E-state index in [2.05, 4.69) is 12.2 Å². The first-order valence-electron chi connectivity index (χ1n) is 5.41. The minimum absolute atomic E-state index is 0.133. The lowest BCUT2D eigenvalue weighted by Gasteiger charge is -2.17. The molecule has 1 atom stereocenters. The highest BCUT2D eigenvalue weighted by atomic mass is 16.5. The maximum Gasteiger partial charge on any atom is 0.122 e. The molecule has 1 aromatic rings. The molecule has 90 valence electrons. The third kappa shape index (κ3) is 3.12. The molecule has 4 nitrogen and oxygen atoms in total. The molecule has 0 radical (unpaired) electrons. The van der Waals surface area contributed by atoms with Crippen LogP contribution in [0, 0.1) is 0 Å². The number of methoxy groups -OCH3 is 2. The van der Waals surface area contributed by atoms with Gasteiger partial charge in [0.1, 0.15) is 11.5 Å². The Labute approximate surface area is 96.7 Å². The van der Waals surface area contributed by atoms with Crippen LogP contribution < -0.4 is 20.5 Å². The monoisotopic (exact) mass is 224 g/mol. The van der Waals surface area contributed by atoms with Gasteiger partial charge in [0.25, 0.3) is 0 Å². The van der Waals surface area contributed by atoms with E-state index in [-0.39, 0.29) is 6.04 Å². The van der Waals surface area contributed by atoms with Crippen molar-refractivity contribution in [1.82, 2.24) is 5.32 Å². The van der Waals surface area contributed by atoms with E-state index >= 15 is 0 Å². The average molecular weight is 224 g/mol. The van der Waals surface area contributed by atoms with Crippen LogP contribution in [0.2, 0.25) is 0 Å². The maximum atomic E-state index is 5.73. The van der Waals surface area contributed by atoms with Gasteiger partial charge in [0.05, 0.1) is 14.2 Å². The Morgan fingerprint density at radius 1 is 1.19 bits per heavy atom. The second kappa shape index (κ2) is 6.35. The highest BCUT2D eigenvalue weighted by molar-refractivity contribution is 5.39. The first-order valence-corrected chi connectivity index (χ1v) is 5.41. The second-order valence-electron chi connectivity index (χ2n) is 3.49. The number of benzene rings is 1. The van der Waals surface area contributed by atoms with E-state index in [9.17, 15) is 0 Å². The molecule has 16 heavy (non-hydrogen) atoms. The molecule has 0 spiro atoms. The molecule has 0 amide bonds. The van der Waals surface area contributed by atoms with E-state index in [1.54, 1.807) is 14.2 Å². The van der Waals surface area contributed by atoms with Crippen LogP contribution >= 0.6 is 0 Å². The van der Waals surface area contributed by atoms with Crippen LogP contribution in [-0.2, 0) is 0 Å². The third-order valence-electron chi connectivity index (χ3n) is 2.46. The lowest BCUT2D eigenvalue weighted by molar-refractivity contribution is 0.391. The molecule has 0 saturated carbocycles. The minimum atomic E-state index is 0.133. The summed E-state index contributed by atoms with van der Waals surface area (Å²) in [6.07, 6.45) is 0. The summed E-state index contributed by atoms with van der Waals surface area (Å²) in [7, 11) is 3.28. The predicted octanol–water partition coefficient (Wildman–Crippen LogP) is 1.31. The van der Waals surface area contributed by atoms with Crippen molar-refractivity contribution in [2.45, 2.75) is 13.0 Å². The zero-order chi connectivity index (χ0) is 12.0. The van der Waals surface area contributed by atoms with Gasteiger partial charge in [0.15, 0.2) is 0 Å². The topological polar surface area (TPSA) is 56.5 Å². The van der Waals surface area contributed by atoms with Gasteiger partial charge in [0, 0.05) is 18.7 Å². The Bertz CT molecular complexity index is 307. The maximum absolute atomic E-state index is 5.73. The second-order valence-corrected chi connectivity index (χ2v) is 3.49. The molecule has 0 aliphatic rings. The van der Waals surface area contributed by atoms with Crippen LogP contribution in [0.5, 0.6) is 11.5 Å². The highest BCUT2D eigenvalue weighted by Gasteiger charge is 2.10. The summed E-state index contributed by atoms with van der Waals surface area (Å²) in [5, 5.41) is 3.32. The highest BCUT2D eigenvalue weighted by Crippen LogP contribution is 2.25. The van der Waals surface area contributed by atoms with Crippen molar-refractivity contribution in [3.05, 3.63) is 23.8 Å². The normalized spacial score (nSPS) is 12.2. The summed E-state index contributed by atoms with van der Waals surface area (Å²) >= 11 is 0. The number of rotatable bonds is 6. The van der Waals surface area contributed by atoms with Crippen LogP contribution in [0.25, 0.3) is 0 Å². The van der Waals surface area contributed by atoms with E-state index in [0.717, 1.165) is 23.6 Å². The minimum Gasteiger partial charge on any atom is -0.497 e. The number of hydrogen-bond donors (Lipinski definition) is 2. The van der Waals surface area contributed by atoms with Gasteiger partial charge in [0.2, 0.25) is 0 Å². The van der Waals surface area contributed by atoms with Gasteiger partial charge in [-0.3, -0.25) is 0 Å². The summed E-state index contributed by atoms with van der Waals surface area (Å²) < 4.78 is 10.4. The largest absolute Gasteiger partial charge is 0.497 e. The van der Waals surface area contributed by atoms with E-state index < -0.39 is 0 Å². The molecule has 3 N–H and O–H groups in total. The molecule has 0 aromatic heterocycles. The lowest BCUT2D eigenvalue weighted by atomic mass is 10.1. The zero-order valence-electron chi connectivity index (χ0n) is 10.1. The van der Waals surface area contributed by atoms with Crippen LogP contribution in [-0.4, -0.2) is 27.3 Å². The van der Waals surface area contributed by atoms with Crippen LogP contribution in [0.15, 0.2) is 18.2 Å². The molecule has 0 saturated heterocycles. The molecule has 0 aliphatic heterocycles. The summed E-state index contributed by atoms with van der Waals surface area (Å²) in [4.78, 5) is 0. The molecule has 0 aliphatic carbocycles. The molecule has 1 rings (SSSR count). The number of likely N-dealkylation sites (N-methyl/N-ethyl adjacent to an activating group) is 1. The molecule has 4 heteroatoms. The summed E-state index contributed by atoms with van der Waals surface area (Å²) in [5.74, 6) is 1.57. The van der Waals surface area contributed by atoms with Crippen molar-refractivity contribution in [2.24, 2.45) is 5.73 Å². The summed E-state index contributed by atoms with van der Waals surface area (Å²) in [6.45, 7) is 3.48. The van der Waals surface area contributed by atoms with Crippen molar-refractivity contribution in [3.8, 4) is 11.5 Å². The van der Waals surface area contributed by atoms with E-state index in [1.165, 1.54) is 0 Å². The number of hydrogen-bond acceptors (Lipinski definition) is 4. The van der Waals surface area contributed by atoms with Crippen molar-refractivity contribution >= 4 is 0 Å². The predicted molar refractivity (Wildman–Crippen MR) is 65.0 cm³/mol. The molecular weight excluding hydrogens is 204 g/mol. The van der Waals surface area contributed by atoms with Crippen molar-refractivity contribution in [1.29, 1.82) is 0 Å². The molecule has 0 bridgehead atoms. The van der Waals surface area contributed by atoms with E-state index in [4.69, 9.17) is 15.2 Å². The summed E-state index contributed by atoms with van der Waals surface area (Å²) in [5.41, 5.74) is 6.81. The quantitative estimate of drug-likeness (QED) is 0.765. The summed E-state index contributed by atoms with van der Waals surface area (Å²) in [6, 6.07) is 5.93. The molecule has 1 unspecified atom stereocenters. The lowest BCUT2D eigenvalue weighted by Crippen LogP contribution is -2.27. The van der Waals surface area contributed by atoms with Crippen LogP contribution in [0.4, 0.5) is 0 Å². The van der Waals surface area contributed by atoms with E-state index in [0.29, 0.717) is 6.54 Å². The molecule has 1 aromatic carbocycles. The Morgan fingerprint density at radius 2 is 1.75 bits per heavy atom. The average Bonchev–Trinajstić information content (AvgIpc) is 2.35. The smallest absolute Gasteiger partial charge is 0.122 e. The Hall–Kier alpha value is -1.26. The van der Waals surface area contributed by atoms with Gasteiger partial charge < -0.3 is 20.5 Å². The van der Waals surface area contributed by atoms with Crippen LogP contribution in [0.1, 0.15) is 18.5 Å². The molecule has 0 fully saturated rings. The van der Waals surface area contributed by atoms with Crippen LogP contribution in [0.3, 0.4) is 0 Å². The van der Waals surface area contributed by atoms with Gasteiger partial charge in [-0.1, -0.05) is 6.92 Å². The fourth-order valence-corrected chi connectivity index (χ4v) is 1.61. The Kier molecular flexibility index (Phi) is 5.08. The third-order valence-corrected chi connectivity index (χ3v) is 2.46. The van der Waals surface area contributed by atoms with E-state index in [1.807, 2.05) is 18.2 Å². The first kappa shape index (κ1) is 12.8. The molecule has 0 heterocycles. The number of nitrogens with one attached hydrogen (secondary N) is 1. The van der Waals surface area contributed by atoms with Crippen molar-refractivity contribution in [2.75, 3.05) is 27.3 Å². The zero-order valence-corrected chi connectivity index (χ0v) is 10.1. The SMILES string of the molecule is CCNC(CN)c1cc(OC)cc(OC)c1. The Balaban J connectivity index is 3.00. The molecular formula is C12H20N2O2. The van der Waals surface area contributed by atoms with Gasteiger partial charge in [-0.25, -0.2) is 0 Å². The number of nitrogens with two attached hydrogens (primary N) is 1. The first-order chi connectivity index (χ1) is 7.74. The Morgan fingerprint density at radius 3 is 2.12 bits per heavy atom. The van der Waals surface area contributed by atoms with Gasteiger partial charge >= 0.3 is 0 Å². The fourth-order valence-electron chi connectivity index (χ4n) is 1.61. The standard InChI is InChI=1S/C12H20N2O2/c1-4-14-12(8-13)9-5-10(15-2)7-11(6-9)16-3/h5-7,12,14H,4,8,13H2,1-3H3. The number of ether oxygens (including phenoxy) is 2.